The molecule has 134 valence electrons. The summed E-state index contributed by atoms with van der Waals surface area (Å²) >= 11 is 18.4. The Morgan fingerprint density at radius 3 is 2.81 bits per heavy atom. The highest BCUT2D eigenvalue weighted by atomic mass is 35.5. The Labute approximate surface area is 165 Å². The van der Waals surface area contributed by atoms with Gasteiger partial charge >= 0.3 is 0 Å². The number of hydrogen-bond donors (Lipinski definition) is 2. The van der Waals surface area contributed by atoms with Crippen LogP contribution < -0.4 is 0 Å². The fourth-order valence-electron chi connectivity index (χ4n) is 3.60. The topological polar surface area (TPSA) is 56.3 Å². The maximum atomic E-state index is 13.1. The summed E-state index contributed by atoms with van der Waals surface area (Å²) in [7, 11) is 0. The van der Waals surface area contributed by atoms with Crippen LogP contribution in [0.3, 0.4) is 0 Å². The second-order valence-electron chi connectivity index (χ2n) is 6.26. The Morgan fingerprint density at radius 1 is 1.23 bits per heavy atom. The minimum absolute atomic E-state index is 0.197. The molecule has 4 nitrogen and oxygen atoms in total. The van der Waals surface area contributed by atoms with Gasteiger partial charge in [-0.1, -0.05) is 40.9 Å². The third-order valence-corrected chi connectivity index (χ3v) is 5.88. The van der Waals surface area contributed by atoms with Gasteiger partial charge in [0.15, 0.2) is 0 Å². The molecule has 0 saturated heterocycles. The van der Waals surface area contributed by atoms with Crippen LogP contribution in [-0.2, 0) is 6.42 Å². The third-order valence-electron chi connectivity index (χ3n) is 4.83. The van der Waals surface area contributed by atoms with Gasteiger partial charge in [0.2, 0.25) is 0 Å². The molecule has 1 amide bonds. The summed E-state index contributed by atoms with van der Waals surface area (Å²) in [6.45, 7) is 0.275. The van der Waals surface area contributed by atoms with E-state index in [0.717, 1.165) is 22.2 Å². The lowest BCUT2D eigenvalue weighted by Gasteiger charge is -2.35. The van der Waals surface area contributed by atoms with Gasteiger partial charge in [0, 0.05) is 28.2 Å². The zero-order valence-corrected chi connectivity index (χ0v) is 15.9. The van der Waals surface area contributed by atoms with Gasteiger partial charge in [0.05, 0.1) is 28.3 Å². The normalized spacial score (nSPS) is 16.8. The summed E-state index contributed by atoms with van der Waals surface area (Å²) in [4.78, 5) is 18.0. The lowest BCUT2D eigenvalue weighted by Crippen LogP contribution is -2.41. The maximum absolute atomic E-state index is 13.1. The van der Waals surface area contributed by atoms with E-state index >= 15 is 0 Å². The van der Waals surface area contributed by atoms with Crippen LogP contribution in [0.15, 0.2) is 36.4 Å². The van der Waals surface area contributed by atoms with Crippen LogP contribution in [0.1, 0.15) is 27.7 Å². The van der Waals surface area contributed by atoms with E-state index in [4.69, 9.17) is 34.8 Å². The number of carbonyl (C=O) groups excluding carboxylic acids is 1. The van der Waals surface area contributed by atoms with E-state index in [1.807, 2.05) is 18.2 Å². The minimum atomic E-state index is -0.479. The lowest BCUT2D eigenvalue weighted by molar-refractivity contribution is 0.0563. The predicted molar refractivity (Wildman–Crippen MR) is 104 cm³/mol. The lowest BCUT2D eigenvalue weighted by atomic mass is 9.97. The van der Waals surface area contributed by atoms with Crippen LogP contribution in [0, 0.1) is 0 Å². The van der Waals surface area contributed by atoms with Crippen molar-refractivity contribution in [2.75, 3.05) is 13.2 Å². The number of amides is 1. The Morgan fingerprint density at radius 2 is 2.04 bits per heavy atom. The highest BCUT2D eigenvalue weighted by Gasteiger charge is 2.34. The molecule has 2 N–H and O–H groups in total. The number of aliphatic hydroxyl groups is 1. The van der Waals surface area contributed by atoms with Crippen molar-refractivity contribution in [3.63, 3.8) is 0 Å². The second kappa shape index (κ2) is 6.78. The van der Waals surface area contributed by atoms with E-state index < -0.39 is 6.04 Å². The molecule has 4 rings (SSSR count). The van der Waals surface area contributed by atoms with Crippen molar-refractivity contribution in [2.24, 2.45) is 0 Å². The van der Waals surface area contributed by atoms with Gasteiger partial charge in [-0.3, -0.25) is 4.79 Å². The minimum Gasteiger partial charge on any atom is -0.394 e. The smallest absolute Gasteiger partial charge is 0.256 e. The number of halogens is 3. The Hall–Kier alpha value is -1.72. The van der Waals surface area contributed by atoms with Crippen molar-refractivity contribution in [3.8, 4) is 0 Å². The summed E-state index contributed by atoms with van der Waals surface area (Å²) in [5, 5.41) is 12.2. The van der Waals surface area contributed by atoms with Crippen LogP contribution in [0.4, 0.5) is 0 Å². The van der Waals surface area contributed by atoms with Gasteiger partial charge in [0.25, 0.3) is 5.91 Å². The van der Waals surface area contributed by atoms with E-state index in [9.17, 15) is 9.90 Å². The molecule has 0 radical (unpaired) electrons. The molecule has 3 aromatic rings. The molecule has 7 heteroatoms. The fraction of sp³-hybridized carbons (Fsp3) is 0.211. The first-order chi connectivity index (χ1) is 12.5. The van der Waals surface area contributed by atoms with Crippen molar-refractivity contribution >= 4 is 51.6 Å². The number of nitrogens with zero attached hydrogens (tertiary/aromatic N) is 1. The van der Waals surface area contributed by atoms with Crippen LogP contribution in [0.25, 0.3) is 10.9 Å². The number of rotatable bonds is 2. The van der Waals surface area contributed by atoms with Crippen LogP contribution in [0.2, 0.25) is 15.1 Å². The molecule has 1 aromatic heterocycles. The summed E-state index contributed by atoms with van der Waals surface area (Å²) in [5.41, 5.74) is 3.19. The fourth-order valence-corrected chi connectivity index (χ4v) is 4.15. The molecule has 1 atom stereocenters. The molecular formula is C19H15Cl3N2O2. The number of aromatic nitrogens is 1. The van der Waals surface area contributed by atoms with E-state index in [1.165, 1.54) is 0 Å². The molecule has 1 unspecified atom stereocenters. The quantitative estimate of drug-likeness (QED) is 0.635. The molecule has 2 aromatic carbocycles. The molecular weight excluding hydrogens is 395 g/mol. The van der Waals surface area contributed by atoms with Gasteiger partial charge in [-0.2, -0.15) is 0 Å². The van der Waals surface area contributed by atoms with E-state index in [0.29, 0.717) is 28.6 Å². The van der Waals surface area contributed by atoms with Gasteiger partial charge in [-0.05, 0) is 42.3 Å². The number of benzene rings is 2. The number of H-pyrrole nitrogens is 1. The molecule has 0 bridgehead atoms. The van der Waals surface area contributed by atoms with Crippen molar-refractivity contribution in [1.29, 1.82) is 0 Å². The van der Waals surface area contributed by atoms with E-state index in [2.05, 4.69) is 4.98 Å². The molecule has 1 aliphatic heterocycles. The summed E-state index contributed by atoms with van der Waals surface area (Å²) in [6.07, 6.45) is 0.663. The maximum Gasteiger partial charge on any atom is 0.256 e. The molecule has 2 heterocycles. The zero-order chi connectivity index (χ0) is 18.4. The summed E-state index contributed by atoms with van der Waals surface area (Å²) in [6, 6.07) is 10.1. The summed E-state index contributed by atoms with van der Waals surface area (Å²) < 4.78 is 0. The second-order valence-corrected chi connectivity index (χ2v) is 7.48. The first-order valence-corrected chi connectivity index (χ1v) is 9.30. The number of hydrogen-bond acceptors (Lipinski definition) is 2. The molecule has 0 aliphatic carbocycles. The Balaban J connectivity index is 1.77. The number of aliphatic hydroxyl groups excluding tert-OH is 1. The van der Waals surface area contributed by atoms with Gasteiger partial charge in [-0.15, -0.1) is 0 Å². The van der Waals surface area contributed by atoms with Gasteiger partial charge in [-0.25, -0.2) is 0 Å². The molecule has 0 fully saturated rings. The SMILES string of the molecule is O=C(c1cccc(Cl)c1Cl)N1CCc2c([nH]c3ccc(Cl)cc23)C1CO. The largest absolute Gasteiger partial charge is 0.394 e. The average molecular weight is 410 g/mol. The first-order valence-electron chi connectivity index (χ1n) is 8.17. The van der Waals surface area contributed by atoms with Crippen LogP contribution in [-0.4, -0.2) is 34.0 Å². The summed E-state index contributed by atoms with van der Waals surface area (Å²) in [5.74, 6) is -0.251. The molecule has 26 heavy (non-hydrogen) atoms. The zero-order valence-electron chi connectivity index (χ0n) is 13.6. The highest BCUT2D eigenvalue weighted by Crippen LogP contribution is 2.37. The van der Waals surface area contributed by atoms with Crippen molar-refractivity contribution < 1.29 is 9.90 Å². The number of aromatic amines is 1. The molecule has 0 spiro atoms. The number of fused-ring (bicyclic) bond motifs is 3. The van der Waals surface area contributed by atoms with Crippen molar-refractivity contribution in [3.05, 3.63) is 68.3 Å². The number of nitrogens with one attached hydrogen (secondary N) is 1. The Bertz CT molecular complexity index is 1020. The predicted octanol–water partition coefficient (Wildman–Crippen LogP) is 4.86. The first kappa shape index (κ1) is 17.7. The third kappa shape index (κ3) is 2.78. The van der Waals surface area contributed by atoms with Crippen molar-refractivity contribution in [2.45, 2.75) is 12.5 Å². The Kier molecular flexibility index (Phi) is 4.61. The van der Waals surface area contributed by atoms with Gasteiger partial charge < -0.3 is 15.0 Å². The van der Waals surface area contributed by atoms with Crippen LogP contribution >= 0.6 is 34.8 Å². The van der Waals surface area contributed by atoms with E-state index in [-0.39, 0.29) is 17.5 Å². The monoisotopic (exact) mass is 408 g/mol. The number of carbonyl (C=O) groups is 1. The van der Waals surface area contributed by atoms with Crippen molar-refractivity contribution in [1.82, 2.24) is 9.88 Å². The van der Waals surface area contributed by atoms with Gasteiger partial charge in [0.1, 0.15) is 0 Å². The molecule has 1 aliphatic rings. The molecule has 0 saturated carbocycles. The van der Waals surface area contributed by atoms with Crippen LogP contribution in [0.5, 0.6) is 0 Å². The standard InChI is InChI=1S/C19H15Cl3N2O2/c20-10-4-5-15-13(8-10)11-6-7-24(16(9-25)18(11)23-15)19(26)12-2-1-3-14(21)17(12)22/h1-5,8,16,23,25H,6-7,9H2. The van der Waals surface area contributed by atoms with E-state index in [1.54, 1.807) is 23.1 Å². The average Bonchev–Trinajstić information content (AvgIpc) is 3.00. The highest BCUT2D eigenvalue weighted by molar-refractivity contribution is 6.43.